The number of urea groups is 1. The van der Waals surface area contributed by atoms with E-state index in [1.165, 1.54) is 0 Å². The summed E-state index contributed by atoms with van der Waals surface area (Å²) in [6.07, 6.45) is 1.99. The van der Waals surface area contributed by atoms with Gasteiger partial charge in [0, 0.05) is 17.3 Å². The van der Waals surface area contributed by atoms with Crippen LogP contribution in [0.4, 0.5) is 10.5 Å². The summed E-state index contributed by atoms with van der Waals surface area (Å²) in [6.45, 7) is 3.37. The van der Waals surface area contributed by atoms with Gasteiger partial charge in [-0.3, -0.25) is 4.79 Å². The van der Waals surface area contributed by atoms with Crippen molar-refractivity contribution in [3.8, 4) is 0 Å². The fourth-order valence-corrected chi connectivity index (χ4v) is 3.37. The Labute approximate surface area is 160 Å². The lowest BCUT2D eigenvalue weighted by molar-refractivity contribution is 0.0700. The van der Waals surface area contributed by atoms with Crippen LogP contribution in [0.25, 0.3) is 0 Å². The van der Waals surface area contributed by atoms with Crippen LogP contribution >= 0.6 is 11.3 Å². The number of nitrogens with one attached hydrogen (secondary N) is 3. The van der Waals surface area contributed by atoms with Gasteiger partial charge in [0.1, 0.15) is 9.88 Å². The van der Waals surface area contributed by atoms with Crippen LogP contribution < -0.4 is 16.0 Å². The van der Waals surface area contributed by atoms with Gasteiger partial charge in [-0.15, -0.1) is 11.3 Å². The molecule has 4 N–H and O–H groups in total. The van der Waals surface area contributed by atoms with Crippen molar-refractivity contribution in [3.05, 3.63) is 45.4 Å². The number of carboxylic acids is 1. The van der Waals surface area contributed by atoms with Crippen LogP contribution in [0.15, 0.2) is 24.3 Å². The second-order valence-corrected chi connectivity index (χ2v) is 7.45. The van der Waals surface area contributed by atoms with Crippen LogP contribution in [0.3, 0.4) is 0 Å². The van der Waals surface area contributed by atoms with E-state index in [1.807, 2.05) is 0 Å². The van der Waals surface area contributed by atoms with Crippen molar-refractivity contribution >= 4 is 34.9 Å². The number of aryl methyl sites for hydroxylation is 1. The normalized spacial score (nSPS) is 14.3. The van der Waals surface area contributed by atoms with Crippen LogP contribution in [0.2, 0.25) is 0 Å². The second kappa shape index (κ2) is 7.75. The Morgan fingerprint density at radius 3 is 2.67 bits per heavy atom. The first kappa shape index (κ1) is 18.8. The lowest BCUT2D eigenvalue weighted by atomic mass is 10.1. The molecule has 0 aliphatic heterocycles. The van der Waals surface area contributed by atoms with Crippen LogP contribution in [-0.2, 0) is 0 Å². The van der Waals surface area contributed by atoms with E-state index in [4.69, 9.17) is 5.11 Å². The van der Waals surface area contributed by atoms with Gasteiger partial charge < -0.3 is 21.1 Å². The van der Waals surface area contributed by atoms with Gasteiger partial charge in [-0.2, -0.15) is 0 Å². The molecule has 1 aliphatic carbocycles. The quantitative estimate of drug-likeness (QED) is 0.606. The number of thiazole rings is 1. The number of amides is 3. The van der Waals surface area contributed by atoms with Crippen molar-refractivity contribution in [2.24, 2.45) is 0 Å². The highest BCUT2D eigenvalue weighted by Gasteiger charge is 2.23. The molecule has 1 atom stereocenters. The Morgan fingerprint density at radius 2 is 2.04 bits per heavy atom. The standard InChI is InChI=1S/C18H20N4O4S/c1-9-14(17(24)25)27-16(20-9)10(2)19-15(23)11-4-3-5-13(8-11)22-18(26)21-12-6-7-12/h3-5,8,10,12H,6-7H2,1-2H3,(H,19,23)(H,24,25)(H2,21,22,26). The summed E-state index contributed by atoms with van der Waals surface area (Å²) >= 11 is 1.05. The average molecular weight is 388 g/mol. The van der Waals surface area contributed by atoms with E-state index in [1.54, 1.807) is 38.1 Å². The fourth-order valence-electron chi connectivity index (χ4n) is 2.46. The monoisotopic (exact) mass is 388 g/mol. The van der Waals surface area contributed by atoms with Crippen molar-refractivity contribution in [3.63, 3.8) is 0 Å². The van der Waals surface area contributed by atoms with E-state index in [0.717, 1.165) is 24.2 Å². The van der Waals surface area contributed by atoms with Crippen LogP contribution in [0.1, 0.15) is 56.5 Å². The molecule has 2 aromatic rings. The molecule has 1 fully saturated rings. The van der Waals surface area contributed by atoms with Gasteiger partial charge in [0.2, 0.25) is 0 Å². The molecule has 1 aromatic carbocycles. The number of rotatable bonds is 6. The number of aromatic carboxylic acids is 1. The zero-order chi connectivity index (χ0) is 19.6. The maximum absolute atomic E-state index is 12.5. The molecular weight excluding hydrogens is 368 g/mol. The molecular formula is C18H20N4O4S. The third-order valence-corrected chi connectivity index (χ3v) is 5.35. The number of anilines is 1. The molecule has 9 heteroatoms. The summed E-state index contributed by atoms with van der Waals surface area (Å²) in [4.78, 5) is 39.9. The zero-order valence-corrected chi connectivity index (χ0v) is 15.7. The lowest BCUT2D eigenvalue weighted by Gasteiger charge is -2.12. The van der Waals surface area contributed by atoms with Crippen LogP contribution in [0.5, 0.6) is 0 Å². The van der Waals surface area contributed by atoms with E-state index < -0.39 is 12.0 Å². The summed E-state index contributed by atoms with van der Waals surface area (Å²) in [5, 5.41) is 18.0. The molecule has 0 saturated heterocycles. The summed E-state index contributed by atoms with van der Waals surface area (Å²) < 4.78 is 0. The molecule has 0 spiro atoms. The molecule has 1 saturated carbocycles. The highest BCUT2D eigenvalue weighted by Crippen LogP contribution is 2.24. The Balaban J connectivity index is 1.64. The number of hydrogen-bond acceptors (Lipinski definition) is 5. The Morgan fingerprint density at radius 1 is 1.30 bits per heavy atom. The fraction of sp³-hybridized carbons (Fsp3) is 0.333. The van der Waals surface area contributed by atoms with E-state index in [-0.39, 0.29) is 22.9 Å². The van der Waals surface area contributed by atoms with Gasteiger partial charge in [0.25, 0.3) is 5.91 Å². The van der Waals surface area contributed by atoms with Gasteiger partial charge >= 0.3 is 12.0 Å². The van der Waals surface area contributed by atoms with E-state index in [0.29, 0.717) is 22.0 Å². The molecule has 1 aliphatic rings. The molecule has 0 radical (unpaired) electrons. The minimum absolute atomic E-state index is 0.166. The van der Waals surface area contributed by atoms with Crippen LogP contribution in [-0.4, -0.2) is 34.0 Å². The molecule has 1 heterocycles. The predicted octanol–water partition coefficient (Wildman–Crippen LogP) is 2.92. The van der Waals surface area contributed by atoms with Crippen molar-refractivity contribution < 1.29 is 19.5 Å². The van der Waals surface area contributed by atoms with Crippen molar-refractivity contribution in [2.45, 2.75) is 38.8 Å². The van der Waals surface area contributed by atoms with E-state index >= 15 is 0 Å². The number of carboxylic acid groups (broad SMARTS) is 1. The van der Waals surface area contributed by atoms with Gasteiger partial charge in [0.15, 0.2) is 0 Å². The lowest BCUT2D eigenvalue weighted by Crippen LogP contribution is -2.30. The van der Waals surface area contributed by atoms with Crippen molar-refractivity contribution in [1.29, 1.82) is 0 Å². The Kier molecular flexibility index (Phi) is 5.41. The van der Waals surface area contributed by atoms with Gasteiger partial charge in [-0.05, 0) is 44.9 Å². The number of hydrogen-bond donors (Lipinski definition) is 4. The SMILES string of the molecule is Cc1nc(C(C)NC(=O)c2cccc(NC(=O)NC3CC3)c2)sc1C(=O)O. The number of benzene rings is 1. The molecule has 27 heavy (non-hydrogen) atoms. The van der Waals surface area contributed by atoms with Gasteiger partial charge in [0.05, 0.1) is 11.7 Å². The minimum Gasteiger partial charge on any atom is -0.477 e. The molecule has 0 bridgehead atoms. The maximum Gasteiger partial charge on any atom is 0.347 e. The second-order valence-electron chi connectivity index (χ2n) is 6.42. The summed E-state index contributed by atoms with van der Waals surface area (Å²) in [7, 11) is 0. The number of carbonyl (C=O) groups is 3. The predicted molar refractivity (Wildman–Crippen MR) is 101 cm³/mol. The largest absolute Gasteiger partial charge is 0.477 e. The highest BCUT2D eigenvalue weighted by molar-refractivity contribution is 7.13. The number of nitrogens with zero attached hydrogens (tertiary/aromatic N) is 1. The molecule has 142 valence electrons. The first-order chi connectivity index (χ1) is 12.8. The number of carbonyl (C=O) groups excluding carboxylic acids is 2. The highest BCUT2D eigenvalue weighted by atomic mass is 32.1. The van der Waals surface area contributed by atoms with Gasteiger partial charge in [-0.1, -0.05) is 6.07 Å². The minimum atomic E-state index is -1.03. The molecule has 3 rings (SSSR count). The first-order valence-electron chi connectivity index (χ1n) is 8.52. The van der Waals surface area contributed by atoms with Crippen molar-refractivity contribution in [2.75, 3.05) is 5.32 Å². The first-order valence-corrected chi connectivity index (χ1v) is 9.34. The topological polar surface area (TPSA) is 120 Å². The molecule has 3 amide bonds. The summed E-state index contributed by atoms with van der Waals surface area (Å²) in [5.41, 5.74) is 1.33. The average Bonchev–Trinajstić information content (AvgIpc) is 3.32. The van der Waals surface area contributed by atoms with E-state index in [9.17, 15) is 14.4 Å². The van der Waals surface area contributed by atoms with Crippen LogP contribution in [0, 0.1) is 6.92 Å². The maximum atomic E-state index is 12.5. The van der Waals surface area contributed by atoms with Crippen molar-refractivity contribution in [1.82, 2.24) is 15.6 Å². The van der Waals surface area contributed by atoms with Gasteiger partial charge in [-0.25, -0.2) is 14.6 Å². The zero-order valence-electron chi connectivity index (χ0n) is 14.9. The van der Waals surface area contributed by atoms with E-state index in [2.05, 4.69) is 20.9 Å². The Bertz CT molecular complexity index is 891. The molecule has 1 aromatic heterocycles. The Hall–Kier alpha value is -2.94. The number of aromatic nitrogens is 1. The third-order valence-electron chi connectivity index (χ3n) is 4.02. The third kappa shape index (κ3) is 4.82. The molecule has 8 nitrogen and oxygen atoms in total. The summed E-state index contributed by atoms with van der Waals surface area (Å²) in [5.74, 6) is -1.36. The summed E-state index contributed by atoms with van der Waals surface area (Å²) in [6, 6.07) is 6.13. The molecule has 1 unspecified atom stereocenters. The smallest absolute Gasteiger partial charge is 0.347 e.